The Balaban J connectivity index is 1.47. The van der Waals surface area contributed by atoms with Crippen molar-refractivity contribution in [1.82, 2.24) is 5.32 Å². The van der Waals surface area contributed by atoms with Crippen LogP contribution >= 0.6 is 34.8 Å². The zero-order valence-electron chi connectivity index (χ0n) is 24.2. The summed E-state index contributed by atoms with van der Waals surface area (Å²) in [5, 5.41) is 8.49. The first kappa shape index (κ1) is 33.5. The fraction of sp³-hybridized carbons (Fsp3) is 0.273. The Morgan fingerprint density at radius 3 is 2.15 bits per heavy atom. The Labute approximate surface area is 280 Å². The number of nitrogens with zero attached hydrogens (tertiary/aromatic N) is 3. The van der Waals surface area contributed by atoms with E-state index in [-0.39, 0.29) is 19.8 Å². The average molecular weight is 684 g/mol. The first-order valence-electron chi connectivity index (χ1n) is 14.3. The third-order valence-electron chi connectivity index (χ3n) is 7.30. The number of esters is 1. The fourth-order valence-corrected chi connectivity index (χ4v) is 5.24. The highest BCUT2D eigenvalue weighted by molar-refractivity contribution is 6.76. The van der Waals surface area contributed by atoms with E-state index in [1.54, 1.807) is 30.3 Å². The molecule has 4 aromatic rings. The molecular formula is C33H29Cl3N4O6. The molecule has 1 aliphatic heterocycles. The van der Waals surface area contributed by atoms with Crippen LogP contribution in [0.2, 0.25) is 0 Å². The zero-order chi connectivity index (χ0) is 32.5. The van der Waals surface area contributed by atoms with Gasteiger partial charge in [-0.1, -0.05) is 125 Å². The Morgan fingerprint density at radius 1 is 0.826 bits per heavy atom. The Kier molecular flexibility index (Phi) is 11.4. The van der Waals surface area contributed by atoms with Gasteiger partial charge in [0.2, 0.25) is 0 Å². The first-order valence-corrected chi connectivity index (χ1v) is 15.4. The molecule has 13 heteroatoms. The maximum absolute atomic E-state index is 12.9. The molecule has 238 valence electrons. The number of carbonyl (C=O) groups excluding carboxylic acids is 2. The van der Waals surface area contributed by atoms with Gasteiger partial charge in [0.05, 0.1) is 24.9 Å². The number of hydrogen-bond acceptors (Lipinski definition) is 7. The monoisotopic (exact) mass is 682 g/mol. The molecular weight excluding hydrogens is 655 g/mol. The number of hydrogen-bond donors (Lipinski definition) is 1. The average Bonchev–Trinajstić information content (AvgIpc) is 3.07. The zero-order valence-corrected chi connectivity index (χ0v) is 26.5. The van der Waals surface area contributed by atoms with Crippen LogP contribution in [0, 0.1) is 0 Å². The molecule has 4 aromatic carbocycles. The van der Waals surface area contributed by atoms with Crippen molar-refractivity contribution in [2.24, 2.45) is 5.11 Å². The number of carbonyl (C=O) groups is 2. The number of halogens is 3. The molecule has 0 bridgehead atoms. The van der Waals surface area contributed by atoms with Gasteiger partial charge in [0, 0.05) is 4.91 Å². The van der Waals surface area contributed by atoms with Crippen molar-refractivity contribution in [2.45, 2.75) is 47.6 Å². The Bertz CT molecular complexity index is 1690. The van der Waals surface area contributed by atoms with E-state index in [0.717, 1.165) is 21.9 Å². The molecule has 10 nitrogen and oxygen atoms in total. The van der Waals surface area contributed by atoms with Gasteiger partial charge in [0.1, 0.15) is 31.1 Å². The highest BCUT2D eigenvalue weighted by atomic mass is 35.6. The van der Waals surface area contributed by atoms with Crippen LogP contribution in [0.25, 0.3) is 21.2 Å². The third-order valence-corrected chi connectivity index (χ3v) is 7.82. The molecule has 5 rings (SSSR count). The van der Waals surface area contributed by atoms with Crippen molar-refractivity contribution in [3.8, 4) is 0 Å². The first-order chi connectivity index (χ1) is 22.2. The topological polar surface area (TPSA) is 132 Å². The SMILES string of the molecule is [N-]=[N+]=N[C@H]1C(NC(=O)C(Cl)(Cl)Cl)O[C@H](COC(=O)c2ccccc2)[C@@H](OCc2ccc3ccccc3c2)[C@@H]1OCc1ccccc1. The van der Waals surface area contributed by atoms with Crippen molar-refractivity contribution in [2.75, 3.05) is 6.61 Å². The third kappa shape index (κ3) is 8.69. The number of ether oxygens (including phenoxy) is 4. The molecule has 5 atom stereocenters. The predicted molar refractivity (Wildman–Crippen MR) is 174 cm³/mol. The van der Waals surface area contributed by atoms with Crippen LogP contribution in [0.15, 0.2) is 108 Å². The summed E-state index contributed by atoms with van der Waals surface area (Å²) < 4.78 is 22.3. The lowest BCUT2D eigenvalue weighted by Crippen LogP contribution is -2.64. The lowest BCUT2D eigenvalue weighted by molar-refractivity contribution is -0.228. The lowest BCUT2D eigenvalue weighted by Gasteiger charge is -2.45. The summed E-state index contributed by atoms with van der Waals surface area (Å²) in [7, 11) is 0. The van der Waals surface area contributed by atoms with Crippen LogP contribution in [-0.2, 0) is 37.0 Å². The summed E-state index contributed by atoms with van der Waals surface area (Å²) in [5.74, 6) is -1.61. The van der Waals surface area contributed by atoms with Crippen molar-refractivity contribution in [3.05, 3.63) is 130 Å². The number of alkyl halides is 3. The standard InChI is InChI=1S/C33H29Cl3N4O6/c34-33(35,36)32(42)38-30-27(39-40-37)29(44-18-21-9-3-1-4-10-21)28(26(46-30)20-45-31(41)24-12-5-2-6-13-24)43-19-22-15-16-23-11-7-8-14-25(23)17-22/h1-17,26-30H,18-20H2,(H,38,42)/t26-,27-,28-,29-,30?/m1/s1. The van der Waals surface area contributed by atoms with Gasteiger partial charge in [-0.25, -0.2) is 4.79 Å². The molecule has 1 heterocycles. The van der Waals surface area contributed by atoms with Gasteiger partial charge in [0.15, 0.2) is 0 Å². The normalized spacial score (nSPS) is 21.2. The molecule has 1 amide bonds. The minimum Gasteiger partial charge on any atom is -0.459 e. The van der Waals surface area contributed by atoms with E-state index < -0.39 is 46.3 Å². The minimum absolute atomic E-state index is 0.0977. The van der Waals surface area contributed by atoms with Gasteiger partial charge in [0.25, 0.3) is 9.70 Å². The van der Waals surface area contributed by atoms with Crippen LogP contribution < -0.4 is 5.32 Å². The summed E-state index contributed by atoms with van der Waals surface area (Å²) in [6.45, 7) is -0.0910. The van der Waals surface area contributed by atoms with E-state index >= 15 is 0 Å². The van der Waals surface area contributed by atoms with Gasteiger partial charge in [-0.05, 0) is 45.6 Å². The van der Waals surface area contributed by atoms with Crippen LogP contribution in [0.5, 0.6) is 0 Å². The number of amides is 1. The number of rotatable bonds is 11. The van der Waals surface area contributed by atoms with Gasteiger partial charge in [-0.2, -0.15) is 0 Å². The van der Waals surface area contributed by atoms with Crippen molar-refractivity contribution in [3.63, 3.8) is 0 Å². The van der Waals surface area contributed by atoms with Gasteiger partial charge in [-0.3, -0.25) is 4.79 Å². The smallest absolute Gasteiger partial charge is 0.338 e. The van der Waals surface area contributed by atoms with Crippen molar-refractivity contribution in [1.29, 1.82) is 0 Å². The highest BCUT2D eigenvalue weighted by Gasteiger charge is 2.49. The summed E-state index contributed by atoms with van der Waals surface area (Å²) in [5.41, 5.74) is 11.6. The molecule has 0 aromatic heterocycles. The second-order valence-electron chi connectivity index (χ2n) is 10.4. The highest BCUT2D eigenvalue weighted by Crippen LogP contribution is 2.32. The molecule has 1 fully saturated rings. The number of azide groups is 1. The molecule has 0 radical (unpaired) electrons. The van der Waals surface area contributed by atoms with E-state index in [1.807, 2.05) is 72.8 Å². The van der Waals surface area contributed by atoms with Crippen molar-refractivity contribution >= 4 is 57.5 Å². The van der Waals surface area contributed by atoms with Crippen LogP contribution in [0.1, 0.15) is 21.5 Å². The second kappa shape index (κ2) is 15.6. The molecule has 1 aliphatic rings. The molecule has 0 saturated carbocycles. The summed E-state index contributed by atoms with van der Waals surface area (Å²) >= 11 is 17.5. The van der Waals surface area contributed by atoms with E-state index in [4.69, 9.17) is 53.8 Å². The fourth-order valence-electron chi connectivity index (χ4n) is 5.07. The van der Waals surface area contributed by atoms with Gasteiger partial charge < -0.3 is 24.3 Å². The number of benzene rings is 4. The molecule has 1 saturated heterocycles. The molecule has 1 unspecified atom stereocenters. The van der Waals surface area contributed by atoms with Gasteiger partial charge in [-0.15, -0.1) is 0 Å². The maximum Gasteiger partial charge on any atom is 0.338 e. The Hall–Kier alpha value is -3.86. The van der Waals surface area contributed by atoms with E-state index in [2.05, 4.69) is 15.3 Å². The molecule has 46 heavy (non-hydrogen) atoms. The predicted octanol–water partition coefficient (Wildman–Crippen LogP) is 7.06. The number of fused-ring (bicyclic) bond motifs is 1. The second-order valence-corrected chi connectivity index (χ2v) is 12.7. The van der Waals surface area contributed by atoms with E-state index in [1.165, 1.54) is 0 Å². The van der Waals surface area contributed by atoms with Crippen LogP contribution in [0.3, 0.4) is 0 Å². The lowest BCUT2D eigenvalue weighted by atomic mass is 9.95. The quantitative estimate of drug-likeness (QED) is 0.0592. The molecule has 0 spiro atoms. The van der Waals surface area contributed by atoms with Gasteiger partial charge >= 0.3 is 5.97 Å². The summed E-state index contributed by atoms with van der Waals surface area (Å²) in [6.07, 6.45) is -4.30. The van der Waals surface area contributed by atoms with Crippen LogP contribution in [0.4, 0.5) is 0 Å². The minimum atomic E-state index is -2.34. The molecule has 0 aliphatic carbocycles. The van der Waals surface area contributed by atoms with E-state index in [0.29, 0.717) is 5.56 Å². The van der Waals surface area contributed by atoms with E-state index in [9.17, 15) is 15.1 Å². The summed E-state index contributed by atoms with van der Waals surface area (Å²) in [6, 6.07) is 30.4. The molecule has 1 N–H and O–H groups in total. The number of nitrogens with one attached hydrogen (secondary N) is 1. The van der Waals surface area contributed by atoms with Crippen molar-refractivity contribution < 1.29 is 28.5 Å². The Morgan fingerprint density at radius 2 is 1.46 bits per heavy atom. The maximum atomic E-state index is 12.9. The largest absolute Gasteiger partial charge is 0.459 e. The van der Waals surface area contributed by atoms with Crippen LogP contribution in [-0.4, -0.2) is 52.9 Å². The summed E-state index contributed by atoms with van der Waals surface area (Å²) in [4.78, 5) is 28.6.